The number of nitrogens with zero attached hydrogens (tertiary/aromatic N) is 2. The zero-order valence-electron chi connectivity index (χ0n) is 15.5. The number of imide groups is 1. The number of amides is 3. The molecule has 2 N–H and O–H groups in total. The van der Waals surface area contributed by atoms with Gasteiger partial charge in [0.05, 0.1) is 17.2 Å². The molecule has 27 heavy (non-hydrogen) atoms. The molecule has 3 rings (SSSR count). The molecule has 0 bridgehead atoms. The summed E-state index contributed by atoms with van der Waals surface area (Å²) in [6, 6.07) is 5.15. The molecule has 0 atom stereocenters. The zero-order chi connectivity index (χ0) is 18.7. The topological polar surface area (TPSA) is 92.9 Å². The standard InChI is InChI=1S/C19H25N3O4.ClH/c1-13-3-4-15-16(11-13)19(25)22(18(15)24)12-17(23)21-8-5-14(6-9-21)26-10-2-7-20;/h3-4,11,14H,2,5-10,12,20H2,1H3;1H. The van der Waals surface area contributed by atoms with Crippen molar-refractivity contribution in [2.45, 2.75) is 32.3 Å². The van der Waals surface area contributed by atoms with Crippen LogP contribution in [0.3, 0.4) is 0 Å². The number of likely N-dealkylation sites (tertiary alicyclic amines) is 1. The quantitative estimate of drug-likeness (QED) is 0.580. The molecular formula is C19H26ClN3O4. The molecule has 1 fully saturated rings. The van der Waals surface area contributed by atoms with Gasteiger partial charge in [-0.1, -0.05) is 11.6 Å². The van der Waals surface area contributed by atoms with E-state index in [2.05, 4.69) is 0 Å². The number of aryl methyl sites for hydroxylation is 1. The highest BCUT2D eigenvalue weighted by Crippen LogP contribution is 2.24. The van der Waals surface area contributed by atoms with E-state index in [1.54, 1.807) is 23.1 Å². The Bertz CT molecular complexity index is 717. The summed E-state index contributed by atoms with van der Waals surface area (Å²) >= 11 is 0. The van der Waals surface area contributed by atoms with Crippen molar-refractivity contribution < 1.29 is 19.1 Å². The average Bonchev–Trinajstić information content (AvgIpc) is 2.87. The van der Waals surface area contributed by atoms with Crippen LogP contribution in [-0.2, 0) is 9.53 Å². The van der Waals surface area contributed by atoms with Crippen LogP contribution in [0.15, 0.2) is 18.2 Å². The maximum atomic E-state index is 12.6. The molecule has 2 aliphatic rings. The van der Waals surface area contributed by atoms with Crippen LogP contribution >= 0.6 is 12.4 Å². The summed E-state index contributed by atoms with van der Waals surface area (Å²) in [6.45, 7) is 4.07. The Morgan fingerprint density at radius 2 is 1.85 bits per heavy atom. The second-order valence-corrected chi connectivity index (χ2v) is 6.84. The molecule has 1 aromatic carbocycles. The number of rotatable bonds is 6. The molecule has 0 saturated carbocycles. The van der Waals surface area contributed by atoms with Crippen molar-refractivity contribution in [2.75, 3.05) is 32.8 Å². The second kappa shape index (κ2) is 9.30. The molecular weight excluding hydrogens is 370 g/mol. The Morgan fingerprint density at radius 1 is 1.19 bits per heavy atom. The maximum Gasteiger partial charge on any atom is 0.262 e. The number of fused-ring (bicyclic) bond motifs is 1. The Labute approximate surface area is 165 Å². The lowest BCUT2D eigenvalue weighted by atomic mass is 10.1. The zero-order valence-corrected chi connectivity index (χ0v) is 16.3. The van der Waals surface area contributed by atoms with E-state index in [9.17, 15) is 14.4 Å². The Balaban J connectivity index is 0.00000261. The summed E-state index contributed by atoms with van der Waals surface area (Å²) in [6.07, 6.45) is 2.50. The molecule has 0 spiro atoms. The Morgan fingerprint density at radius 3 is 2.52 bits per heavy atom. The number of piperidine rings is 1. The van der Waals surface area contributed by atoms with E-state index >= 15 is 0 Å². The van der Waals surface area contributed by atoms with E-state index in [0.29, 0.717) is 37.4 Å². The van der Waals surface area contributed by atoms with E-state index in [4.69, 9.17) is 10.5 Å². The van der Waals surface area contributed by atoms with E-state index in [1.165, 1.54) is 0 Å². The molecule has 3 amide bonds. The number of benzene rings is 1. The third-order valence-electron chi connectivity index (χ3n) is 4.92. The Kier molecular flexibility index (Phi) is 7.35. The number of carbonyl (C=O) groups is 3. The fraction of sp³-hybridized carbons (Fsp3) is 0.526. The van der Waals surface area contributed by atoms with Crippen molar-refractivity contribution >= 4 is 30.1 Å². The molecule has 0 unspecified atom stereocenters. The number of hydrogen-bond donors (Lipinski definition) is 1. The summed E-state index contributed by atoms with van der Waals surface area (Å²) in [5.41, 5.74) is 7.12. The van der Waals surface area contributed by atoms with Crippen molar-refractivity contribution in [3.05, 3.63) is 34.9 Å². The van der Waals surface area contributed by atoms with E-state index in [1.807, 2.05) is 6.92 Å². The second-order valence-electron chi connectivity index (χ2n) is 6.84. The molecule has 1 saturated heterocycles. The van der Waals surface area contributed by atoms with Crippen LogP contribution in [0.1, 0.15) is 45.5 Å². The summed E-state index contributed by atoms with van der Waals surface area (Å²) in [4.78, 5) is 40.2. The SMILES string of the molecule is Cc1ccc2c(c1)C(=O)N(CC(=O)N1CCC(OCCCN)CC1)C2=O.Cl. The fourth-order valence-corrected chi connectivity index (χ4v) is 3.39. The van der Waals surface area contributed by atoms with Crippen LogP contribution in [0.2, 0.25) is 0 Å². The van der Waals surface area contributed by atoms with Crippen LogP contribution in [0, 0.1) is 6.92 Å². The van der Waals surface area contributed by atoms with Crippen molar-refractivity contribution in [1.82, 2.24) is 9.80 Å². The molecule has 0 aliphatic carbocycles. The van der Waals surface area contributed by atoms with Gasteiger partial charge in [-0.05, 0) is 44.9 Å². The van der Waals surface area contributed by atoms with Gasteiger partial charge in [0.25, 0.3) is 11.8 Å². The molecule has 7 nitrogen and oxygen atoms in total. The van der Waals surface area contributed by atoms with E-state index in [-0.39, 0.29) is 36.9 Å². The number of halogens is 1. The van der Waals surface area contributed by atoms with E-state index < -0.39 is 5.91 Å². The van der Waals surface area contributed by atoms with E-state index in [0.717, 1.165) is 29.7 Å². The number of hydrogen-bond acceptors (Lipinski definition) is 5. The minimum Gasteiger partial charge on any atom is -0.378 e. The van der Waals surface area contributed by atoms with Gasteiger partial charge in [-0.2, -0.15) is 0 Å². The highest BCUT2D eigenvalue weighted by Gasteiger charge is 2.37. The predicted octanol–water partition coefficient (Wildman–Crippen LogP) is 1.37. The summed E-state index contributed by atoms with van der Waals surface area (Å²) in [5, 5.41) is 0. The third kappa shape index (κ3) is 4.66. The molecule has 2 aliphatic heterocycles. The monoisotopic (exact) mass is 395 g/mol. The lowest BCUT2D eigenvalue weighted by Crippen LogP contribution is -2.46. The first kappa shape index (κ1) is 21.3. The van der Waals surface area contributed by atoms with Crippen molar-refractivity contribution in [3.63, 3.8) is 0 Å². The first-order valence-corrected chi connectivity index (χ1v) is 9.07. The summed E-state index contributed by atoms with van der Waals surface area (Å²) in [5.74, 6) is -0.975. The lowest BCUT2D eigenvalue weighted by Gasteiger charge is -2.32. The van der Waals surface area contributed by atoms with Crippen LogP contribution in [-0.4, -0.2) is 66.4 Å². The highest BCUT2D eigenvalue weighted by atomic mass is 35.5. The average molecular weight is 396 g/mol. The summed E-state index contributed by atoms with van der Waals surface area (Å²) in [7, 11) is 0. The number of ether oxygens (including phenoxy) is 1. The Hall–Kier alpha value is -1.96. The smallest absolute Gasteiger partial charge is 0.262 e. The molecule has 0 radical (unpaired) electrons. The van der Waals surface area contributed by atoms with Gasteiger partial charge in [0.1, 0.15) is 6.54 Å². The van der Waals surface area contributed by atoms with Gasteiger partial charge in [-0.15, -0.1) is 12.4 Å². The van der Waals surface area contributed by atoms with Crippen LogP contribution < -0.4 is 5.73 Å². The third-order valence-corrected chi connectivity index (χ3v) is 4.92. The lowest BCUT2D eigenvalue weighted by molar-refractivity contribution is -0.134. The maximum absolute atomic E-state index is 12.6. The first-order valence-electron chi connectivity index (χ1n) is 9.07. The summed E-state index contributed by atoms with van der Waals surface area (Å²) < 4.78 is 5.74. The normalized spacial score (nSPS) is 17.1. The minimum absolute atomic E-state index is 0. The van der Waals surface area contributed by atoms with Crippen molar-refractivity contribution in [3.8, 4) is 0 Å². The number of carbonyl (C=O) groups excluding carboxylic acids is 3. The molecule has 0 aromatic heterocycles. The molecule has 148 valence electrons. The molecule has 2 heterocycles. The fourth-order valence-electron chi connectivity index (χ4n) is 3.39. The van der Waals surface area contributed by atoms with Gasteiger partial charge in [-0.25, -0.2) is 0 Å². The van der Waals surface area contributed by atoms with Gasteiger partial charge in [-0.3, -0.25) is 19.3 Å². The molecule has 1 aromatic rings. The van der Waals surface area contributed by atoms with Gasteiger partial charge in [0, 0.05) is 19.7 Å². The molecule has 8 heteroatoms. The van der Waals surface area contributed by atoms with Gasteiger partial charge in [0.2, 0.25) is 5.91 Å². The first-order chi connectivity index (χ1) is 12.5. The van der Waals surface area contributed by atoms with Gasteiger partial charge >= 0.3 is 0 Å². The van der Waals surface area contributed by atoms with Gasteiger partial charge < -0.3 is 15.4 Å². The van der Waals surface area contributed by atoms with Crippen LogP contribution in [0.25, 0.3) is 0 Å². The number of nitrogens with two attached hydrogens (primary N) is 1. The predicted molar refractivity (Wildman–Crippen MR) is 103 cm³/mol. The van der Waals surface area contributed by atoms with Crippen molar-refractivity contribution in [2.24, 2.45) is 5.73 Å². The van der Waals surface area contributed by atoms with Crippen LogP contribution in [0.4, 0.5) is 0 Å². The van der Waals surface area contributed by atoms with Crippen LogP contribution in [0.5, 0.6) is 0 Å². The van der Waals surface area contributed by atoms with Gasteiger partial charge in [0.15, 0.2) is 0 Å². The largest absolute Gasteiger partial charge is 0.378 e. The van der Waals surface area contributed by atoms with Crippen molar-refractivity contribution in [1.29, 1.82) is 0 Å². The minimum atomic E-state index is -0.390. The highest BCUT2D eigenvalue weighted by molar-refractivity contribution is 6.22.